The van der Waals surface area contributed by atoms with Crippen molar-refractivity contribution in [3.8, 4) is 5.75 Å². The number of carbonyl (C=O) groups is 2. The molecule has 2 rings (SSSR count). The van der Waals surface area contributed by atoms with Crippen LogP contribution in [0.15, 0.2) is 24.3 Å². The molecule has 0 spiro atoms. The summed E-state index contributed by atoms with van der Waals surface area (Å²) in [5.74, 6) is -0.261. The fraction of sp³-hybridized carbons (Fsp3) is 0.500. The smallest absolute Gasteiger partial charge is 0.295 e. The third-order valence-electron chi connectivity index (χ3n) is 3.42. The number of Topliss-reactive ketones (excluding diaryl/α,β-unsaturated/α-hetero) is 1. The van der Waals surface area contributed by atoms with Crippen molar-refractivity contribution >= 4 is 11.7 Å². The minimum Gasteiger partial charge on any atom is -0.492 e. The Morgan fingerprint density at radius 3 is 2.41 bits per heavy atom. The zero-order chi connectivity index (χ0) is 15.9. The number of nitrogens with zero attached hydrogens (tertiary/aromatic N) is 2. The number of carbonyl (C=O) groups excluding carboxylic acids is 2. The predicted octanol–water partition coefficient (Wildman–Crippen LogP) is 0.669. The van der Waals surface area contributed by atoms with Crippen LogP contribution in [0.2, 0.25) is 0 Å². The topological polar surface area (TPSA) is 59.1 Å². The van der Waals surface area contributed by atoms with Gasteiger partial charge in [0.25, 0.3) is 5.91 Å². The Bertz CT molecular complexity index is 507. The van der Waals surface area contributed by atoms with Crippen LogP contribution < -0.4 is 4.74 Å². The highest BCUT2D eigenvalue weighted by Gasteiger charge is 2.24. The second-order valence-corrected chi connectivity index (χ2v) is 5.41. The summed E-state index contributed by atoms with van der Waals surface area (Å²) in [5, 5.41) is 0. The third kappa shape index (κ3) is 4.54. The van der Waals surface area contributed by atoms with E-state index in [1.54, 1.807) is 24.3 Å². The van der Waals surface area contributed by atoms with Crippen LogP contribution in [0, 0.1) is 0 Å². The summed E-state index contributed by atoms with van der Waals surface area (Å²) in [4.78, 5) is 27.9. The van der Waals surface area contributed by atoms with Crippen molar-refractivity contribution in [2.24, 2.45) is 0 Å². The van der Waals surface area contributed by atoms with Gasteiger partial charge in [0.2, 0.25) is 5.78 Å². The monoisotopic (exact) mass is 306 g/mol. The molecule has 0 atom stereocenters. The SMILES string of the molecule is CN(C)CCOc1ccc(C(=O)C(=O)N2CCOCC2)cc1. The summed E-state index contributed by atoms with van der Waals surface area (Å²) in [6.07, 6.45) is 0. The standard InChI is InChI=1S/C16H22N2O4/c1-17(2)7-12-22-14-5-3-13(4-6-14)15(19)16(20)18-8-10-21-11-9-18/h3-6H,7-12H2,1-2H3. The van der Waals surface area contributed by atoms with Gasteiger partial charge in [0.1, 0.15) is 12.4 Å². The fourth-order valence-corrected chi connectivity index (χ4v) is 2.08. The van der Waals surface area contributed by atoms with Crippen LogP contribution >= 0.6 is 0 Å². The number of rotatable bonds is 6. The Balaban J connectivity index is 1.91. The van der Waals surface area contributed by atoms with Crippen molar-refractivity contribution in [1.29, 1.82) is 0 Å². The van der Waals surface area contributed by atoms with Crippen LogP contribution in [-0.4, -0.2) is 75.0 Å². The molecule has 1 aliphatic rings. The third-order valence-corrected chi connectivity index (χ3v) is 3.42. The van der Waals surface area contributed by atoms with Crippen LogP contribution in [-0.2, 0) is 9.53 Å². The molecule has 1 aromatic rings. The van der Waals surface area contributed by atoms with Crippen molar-refractivity contribution in [1.82, 2.24) is 9.80 Å². The Kier molecular flexibility index (Phi) is 5.91. The normalized spacial score (nSPS) is 15.0. The largest absolute Gasteiger partial charge is 0.492 e. The molecule has 1 fully saturated rings. The number of ketones is 1. The first-order chi connectivity index (χ1) is 10.6. The second-order valence-electron chi connectivity index (χ2n) is 5.41. The van der Waals surface area contributed by atoms with E-state index in [-0.39, 0.29) is 0 Å². The van der Waals surface area contributed by atoms with Crippen LogP contribution in [0.25, 0.3) is 0 Å². The molecule has 1 aliphatic heterocycles. The molecule has 0 unspecified atom stereocenters. The number of amides is 1. The summed E-state index contributed by atoms with van der Waals surface area (Å²) in [6.45, 7) is 3.30. The van der Waals surface area contributed by atoms with Gasteiger partial charge in [-0.2, -0.15) is 0 Å². The van der Waals surface area contributed by atoms with Crippen molar-refractivity contribution in [3.05, 3.63) is 29.8 Å². The van der Waals surface area contributed by atoms with Gasteiger partial charge in [-0.15, -0.1) is 0 Å². The van der Waals surface area contributed by atoms with Crippen molar-refractivity contribution < 1.29 is 19.1 Å². The first kappa shape index (κ1) is 16.5. The number of benzene rings is 1. The van der Waals surface area contributed by atoms with E-state index >= 15 is 0 Å². The van der Waals surface area contributed by atoms with Gasteiger partial charge in [0, 0.05) is 25.2 Å². The van der Waals surface area contributed by atoms with Gasteiger partial charge in [0.05, 0.1) is 13.2 Å². The summed E-state index contributed by atoms with van der Waals surface area (Å²) in [6, 6.07) is 6.70. The van der Waals surface area contributed by atoms with E-state index < -0.39 is 11.7 Å². The quantitative estimate of drug-likeness (QED) is 0.571. The minimum absolute atomic E-state index is 0.386. The zero-order valence-corrected chi connectivity index (χ0v) is 13.1. The minimum atomic E-state index is -0.484. The molecule has 0 radical (unpaired) electrons. The Morgan fingerprint density at radius 1 is 1.18 bits per heavy atom. The fourth-order valence-electron chi connectivity index (χ4n) is 2.08. The molecule has 120 valence electrons. The van der Waals surface area contributed by atoms with Crippen LogP contribution in [0.3, 0.4) is 0 Å². The predicted molar refractivity (Wildman–Crippen MR) is 82.2 cm³/mol. The highest BCUT2D eigenvalue weighted by Crippen LogP contribution is 2.13. The van der Waals surface area contributed by atoms with Crippen molar-refractivity contribution in [3.63, 3.8) is 0 Å². The van der Waals surface area contributed by atoms with Crippen molar-refractivity contribution in [2.75, 3.05) is 53.6 Å². The first-order valence-corrected chi connectivity index (χ1v) is 7.37. The lowest BCUT2D eigenvalue weighted by Crippen LogP contribution is -2.44. The Labute approximate surface area is 130 Å². The molecule has 0 aliphatic carbocycles. The Hall–Kier alpha value is -1.92. The molecule has 1 saturated heterocycles. The number of morpholine rings is 1. The zero-order valence-electron chi connectivity index (χ0n) is 13.1. The van der Waals surface area contributed by atoms with Gasteiger partial charge in [-0.1, -0.05) is 0 Å². The molecule has 0 aromatic heterocycles. The molecule has 0 saturated carbocycles. The van der Waals surface area contributed by atoms with E-state index in [1.807, 2.05) is 19.0 Å². The molecule has 0 bridgehead atoms. The average molecular weight is 306 g/mol. The van der Waals surface area contributed by atoms with Gasteiger partial charge in [-0.05, 0) is 38.4 Å². The highest BCUT2D eigenvalue weighted by molar-refractivity contribution is 6.42. The number of hydrogen-bond donors (Lipinski definition) is 0. The maximum atomic E-state index is 12.2. The summed E-state index contributed by atoms with van der Waals surface area (Å²) < 4.78 is 10.7. The molecule has 22 heavy (non-hydrogen) atoms. The van der Waals surface area contributed by atoms with Crippen LogP contribution in [0.4, 0.5) is 0 Å². The molecule has 0 N–H and O–H groups in total. The van der Waals surface area contributed by atoms with E-state index in [2.05, 4.69) is 0 Å². The van der Waals surface area contributed by atoms with Gasteiger partial charge in [0.15, 0.2) is 0 Å². The van der Waals surface area contributed by atoms with Gasteiger partial charge < -0.3 is 19.3 Å². The van der Waals surface area contributed by atoms with E-state index in [9.17, 15) is 9.59 Å². The van der Waals surface area contributed by atoms with Crippen molar-refractivity contribution in [2.45, 2.75) is 0 Å². The number of likely N-dealkylation sites (N-methyl/N-ethyl adjacent to an activating group) is 1. The Morgan fingerprint density at radius 2 is 1.82 bits per heavy atom. The lowest BCUT2D eigenvalue weighted by atomic mass is 10.1. The maximum Gasteiger partial charge on any atom is 0.295 e. The van der Waals surface area contributed by atoms with Gasteiger partial charge in [-0.3, -0.25) is 9.59 Å². The average Bonchev–Trinajstić information content (AvgIpc) is 2.54. The summed E-state index contributed by atoms with van der Waals surface area (Å²) >= 11 is 0. The highest BCUT2D eigenvalue weighted by atomic mass is 16.5. The van der Waals surface area contributed by atoms with E-state index in [1.165, 1.54) is 4.90 Å². The summed E-state index contributed by atoms with van der Waals surface area (Å²) in [7, 11) is 3.95. The lowest BCUT2D eigenvalue weighted by Gasteiger charge is -2.26. The number of hydrogen-bond acceptors (Lipinski definition) is 5. The molecule has 1 heterocycles. The van der Waals surface area contributed by atoms with Crippen LogP contribution in [0.1, 0.15) is 10.4 Å². The molecular weight excluding hydrogens is 284 g/mol. The molecule has 1 aromatic carbocycles. The molecule has 6 heteroatoms. The van der Waals surface area contributed by atoms with Crippen LogP contribution in [0.5, 0.6) is 5.75 Å². The maximum absolute atomic E-state index is 12.2. The molecule has 1 amide bonds. The number of ether oxygens (including phenoxy) is 2. The van der Waals surface area contributed by atoms with E-state index in [4.69, 9.17) is 9.47 Å². The van der Waals surface area contributed by atoms with E-state index in [0.29, 0.717) is 44.2 Å². The van der Waals surface area contributed by atoms with Gasteiger partial charge >= 0.3 is 0 Å². The van der Waals surface area contributed by atoms with Gasteiger partial charge in [-0.25, -0.2) is 0 Å². The van der Waals surface area contributed by atoms with E-state index in [0.717, 1.165) is 6.54 Å². The summed E-state index contributed by atoms with van der Waals surface area (Å²) in [5.41, 5.74) is 0.386. The second kappa shape index (κ2) is 7.91. The molecule has 6 nitrogen and oxygen atoms in total. The lowest BCUT2D eigenvalue weighted by molar-refractivity contribution is -0.130. The molecular formula is C16H22N2O4. The first-order valence-electron chi connectivity index (χ1n) is 7.37.